The fourth-order valence-electron chi connectivity index (χ4n) is 4.35. The van der Waals surface area contributed by atoms with Gasteiger partial charge in [0.1, 0.15) is 11.4 Å². The van der Waals surface area contributed by atoms with Gasteiger partial charge in [0, 0.05) is 0 Å². The Labute approximate surface area is 212 Å². The average molecular weight is 481 g/mol. The lowest BCUT2D eigenvalue weighted by atomic mass is 9.83. The highest BCUT2D eigenvalue weighted by Gasteiger charge is 2.30. The zero-order valence-electron chi connectivity index (χ0n) is 20.3. The van der Waals surface area contributed by atoms with Crippen LogP contribution in [0.25, 0.3) is 12.2 Å². The average Bonchev–Trinajstić information content (AvgIpc) is 2.95. The lowest BCUT2D eigenvalue weighted by Crippen LogP contribution is -2.27. The Morgan fingerprint density at radius 3 is 1.86 bits per heavy atom. The van der Waals surface area contributed by atoms with Crippen LogP contribution >= 0.6 is 0 Å². The van der Waals surface area contributed by atoms with Crippen LogP contribution in [0, 0.1) is 0 Å². The van der Waals surface area contributed by atoms with E-state index in [2.05, 4.69) is 0 Å². The lowest BCUT2D eigenvalue weighted by molar-refractivity contribution is 0.0639. The Balaban J connectivity index is 1.39. The Morgan fingerprint density at radius 1 is 0.639 bits per heavy atom. The van der Waals surface area contributed by atoms with Crippen LogP contribution in [0.1, 0.15) is 46.2 Å². The van der Waals surface area contributed by atoms with Crippen molar-refractivity contribution in [3.05, 3.63) is 137 Å². The number of ether oxygens (including phenoxy) is 1. The van der Waals surface area contributed by atoms with Crippen LogP contribution in [0.5, 0.6) is 5.75 Å². The zero-order chi connectivity index (χ0) is 25.2. The topological polar surface area (TPSA) is 69.9 Å². The molecule has 0 fully saturated rings. The maximum atomic E-state index is 11.6. The SMILES string of the molecule is OCc1ccc(/C=C/c2cccc(OCCCC(O)(c3ccccc3)c3ccccc3)c2)cc1CO. The van der Waals surface area contributed by atoms with Gasteiger partial charge in [-0.25, -0.2) is 0 Å². The van der Waals surface area contributed by atoms with Gasteiger partial charge in [0.05, 0.1) is 19.8 Å². The van der Waals surface area contributed by atoms with E-state index in [9.17, 15) is 15.3 Å². The maximum Gasteiger partial charge on any atom is 0.119 e. The van der Waals surface area contributed by atoms with Crippen LogP contribution in [0.4, 0.5) is 0 Å². The second-order valence-electron chi connectivity index (χ2n) is 8.79. The van der Waals surface area contributed by atoms with Gasteiger partial charge in [0.25, 0.3) is 0 Å². The summed E-state index contributed by atoms with van der Waals surface area (Å²) in [5, 5.41) is 30.5. The van der Waals surface area contributed by atoms with E-state index in [1.807, 2.05) is 115 Å². The molecule has 36 heavy (non-hydrogen) atoms. The highest BCUT2D eigenvalue weighted by atomic mass is 16.5. The molecule has 0 atom stereocenters. The van der Waals surface area contributed by atoms with Crippen LogP contribution in [-0.4, -0.2) is 21.9 Å². The van der Waals surface area contributed by atoms with Gasteiger partial charge in [-0.1, -0.05) is 97.1 Å². The molecule has 0 aliphatic heterocycles. The zero-order valence-corrected chi connectivity index (χ0v) is 20.3. The molecular formula is C32H32O4. The van der Waals surface area contributed by atoms with Crippen molar-refractivity contribution in [1.29, 1.82) is 0 Å². The lowest BCUT2D eigenvalue weighted by Gasteiger charge is -2.29. The number of hydrogen-bond acceptors (Lipinski definition) is 4. The minimum atomic E-state index is -1.07. The Kier molecular flexibility index (Phi) is 8.69. The third-order valence-corrected chi connectivity index (χ3v) is 6.35. The largest absolute Gasteiger partial charge is 0.494 e. The summed E-state index contributed by atoms with van der Waals surface area (Å²) in [6, 6.07) is 33.0. The monoisotopic (exact) mass is 480 g/mol. The predicted molar refractivity (Wildman–Crippen MR) is 144 cm³/mol. The Bertz CT molecular complexity index is 1230. The van der Waals surface area contributed by atoms with Gasteiger partial charge < -0.3 is 20.1 Å². The molecule has 3 N–H and O–H groups in total. The summed E-state index contributed by atoms with van der Waals surface area (Å²) in [6.07, 6.45) is 5.18. The molecule has 4 nitrogen and oxygen atoms in total. The van der Waals surface area contributed by atoms with Gasteiger partial charge in [0.2, 0.25) is 0 Å². The molecule has 0 saturated carbocycles. The molecule has 0 heterocycles. The summed E-state index contributed by atoms with van der Waals surface area (Å²) in [5.41, 5.74) is 4.08. The van der Waals surface area contributed by atoms with Crippen LogP contribution < -0.4 is 4.74 Å². The molecule has 0 aromatic heterocycles. The van der Waals surface area contributed by atoms with Crippen molar-refractivity contribution < 1.29 is 20.1 Å². The number of benzene rings is 4. The molecule has 0 bridgehead atoms. The minimum absolute atomic E-state index is 0.0899. The summed E-state index contributed by atoms with van der Waals surface area (Å²) in [7, 11) is 0. The smallest absolute Gasteiger partial charge is 0.119 e. The second-order valence-corrected chi connectivity index (χ2v) is 8.79. The standard InChI is InChI=1S/C32H32O4/c33-23-27-18-17-26(21-28(27)24-34)16-15-25-9-7-14-31(22-25)36-20-8-19-32(35,29-10-3-1-4-11-29)30-12-5-2-6-13-30/h1-7,9-18,21-22,33-35H,8,19-20,23-24H2/b16-15+. The van der Waals surface area contributed by atoms with Crippen LogP contribution in [0.15, 0.2) is 103 Å². The number of aliphatic hydroxyl groups is 3. The van der Waals surface area contributed by atoms with Gasteiger partial charge in [-0.05, 0) is 64.4 Å². The Morgan fingerprint density at radius 2 is 1.25 bits per heavy atom. The second kappa shape index (κ2) is 12.3. The first kappa shape index (κ1) is 25.4. The van der Waals surface area contributed by atoms with Gasteiger partial charge >= 0.3 is 0 Å². The van der Waals surface area contributed by atoms with Gasteiger partial charge in [-0.3, -0.25) is 0 Å². The van der Waals surface area contributed by atoms with Crippen molar-refractivity contribution >= 4 is 12.2 Å². The third-order valence-electron chi connectivity index (χ3n) is 6.35. The molecule has 0 spiro atoms. The van der Waals surface area contributed by atoms with Crippen LogP contribution in [0.2, 0.25) is 0 Å². The first-order valence-electron chi connectivity index (χ1n) is 12.2. The molecule has 0 aliphatic rings. The van der Waals surface area contributed by atoms with Gasteiger partial charge in [-0.15, -0.1) is 0 Å². The number of hydrogen-bond donors (Lipinski definition) is 3. The summed E-state index contributed by atoms with van der Waals surface area (Å²) in [4.78, 5) is 0. The highest BCUT2D eigenvalue weighted by molar-refractivity contribution is 5.70. The van der Waals surface area contributed by atoms with Crippen molar-refractivity contribution in [3.8, 4) is 5.75 Å². The fourth-order valence-corrected chi connectivity index (χ4v) is 4.35. The molecule has 0 unspecified atom stereocenters. The van der Waals surface area contributed by atoms with Crippen molar-refractivity contribution in [1.82, 2.24) is 0 Å². The predicted octanol–water partition coefficient (Wildman–Crippen LogP) is 5.94. The van der Waals surface area contributed by atoms with E-state index < -0.39 is 5.60 Å². The molecule has 0 aliphatic carbocycles. The molecule has 184 valence electrons. The molecule has 4 heteroatoms. The van der Waals surface area contributed by atoms with Crippen molar-refractivity contribution in [2.75, 3.05) is 6.61 Å². The minimum Gasteiger partial charge on any atom is -0.494 e. The summed E-state index contributed by atoms with van der Waals surface area (Å²) in [6.45, 7) is 0.287. The van der Waals surface area contributed by atoms with E-state index in [-0.39, 0.29) is 13.2 Å². The summed E-state index contributed by atoms with van der Waals surface area (Å²) in [5.74, 6) is 0.770. The quantitative estimate of drug-likeness (QED) is 0.184. The maximum absolute atomic E-state index is 11.6. The van der Waals surface area contributed by atoms with Crippen molar-refractivity contribution in [2.24, 2.45) is 0 Å². The summed E-state index contributed by atoms with van der Waals surface area (Å²) >= 11 is 0. The molecule has 0 amide bonds. The van der Waals surface area contributed by atoms with Crippen LogP contribution in [0.3, 0.4) is 0 Å². The van der Waals surface area contributed by atoms with E-state index in [1.54, 1.807) is 0 Å². The van der Waals surface area contributed by atoms with Gasteiger partial charge in [0.15, 0.2) is 0 Å². The molecule has 0 saturated heterocycles. The molecule has 4 aromatic rings. The first-order valence-corrected chi connectivity index (χ1v) is 12.2. The third kappa shape index (κ3) is 6.29. The normalized spacial score (nSPS) is 11.6. The summed E-state index contributed by atoms with van der Waals surface area (Å²) < 4.78 is 6.03. The van der Waals surface area contributed by atoms with E-state index >= 15 is 0 Å². The van der Waals surface area contributed by atoms with E-state index in [4.69, 9.17) is 4.74 Å². The molecule has 4 aromatic carbocycles. The van der Waals surface area contributed by atoms with Crippen LogP contribution in [-0.2, 0) is 18.8 Å². The van der Waals surface area contributed by atoms with E-state index in [0.29, 0.717) is 19.4 Å². The molecule has 4 rings (SSSR count). The van der Waals surface area contributed by atoms with Crippen molar-refractivity contribution in [3.63, 3.8) is 0 Å². The fraction of sp³-hybridized carbons (Fsp3) is 0.188. The van der Waals surface area contributed by atoms with Gasteiger partial charge in [-0.2, -0.15) is 0 Å². The van der Waals surface area contributed by atoms with E-state index in [1.165, 1.54) is 0 Å². The van der Waals surface area contributed by atoms with E-state index in [0.717, 1.165) is 39.1 Å². The Hall–Kier alpha value is -3.70. The number of rotatable bonds is 11. The highest BCUT2D eigenvalue weighted by Crippen LogP contribution is 2.34. The molecular weight excluding hydrogens is 448 g/mol. The number of aliphatic hydroxyl groups excluding tert-OH is 2. The first-order chi connectivity index (χ1) is 17.6. The molecule has 0 radical (unpaired) electrons. The van der Waals surface area contributed by atoms with Crippen molar-refractivity contribution in [2.45, 2.75) is 31.7 Å².